The quantitative estimate of drug-likeness (QED) is 0.686. The second-order valence-electron chi connectivity index (χ2n) is 6.84. The van der Waals surface area contributed by atoms with Crippen molar-refractivity contribution in [2.24, 2.45) is 0 Å². The molecular formula is C21H19F2NO4. The highest BCUT2D eigenvalue weighted by Crippen LogP contribution is 2.37. The fraction of sp³-hybridized carbons (Fsp3) is 0.238. The lowest BCUT2D eigenvalue weighted by molar-refractivity contribution is -0.137. The molecule has 0 aliphatic rings. The number of halogens is 2. The predicted octanol–water partition coefficient (Wildman–Crippen LogP) is 4.25. The number of hydrogen-bond acceptors (Lipinski definition) is 3. The number of carboxylic acids is 1. The minimum atomic E-state index is -1.08. The van der Waals surface area contributed by atoms with Crippen molar-refractivity contribution in [2.45, 2.75) is 32.7 Å². The van der Waals surface area contributed by atoms with Gasteiger partial charge in [-0.1, -0.05) is 32.0 Å². The molecule has 2 aromatic carbocycles. The highest BCUT2D eigenvalue weighted by Gasteiger charge is 2.23. The lowest BCUT2D eigenvalue weighted by Crippen LogP contribution is -2.27. The molecule has 0 spiro atoms. The summed E-state index contributed by atoms with van der Waals surface area (Å²) in [5.74, 6) is -3.60. The Labute approximate surface area is 159 Å². The average molecular weight is 387 g/mol. The van der Waals surface area contributed by atoms with Gasteiger partial charge in [-0.2, -0.15) is 0 Å². The lowest BCUT2D eigenvalue weighted by atomic mass is 9.91. The van der Waals surface area contributed by atoms with Gasteiger partial charge in [0.05, 0.1) is 11.8 Å². The Kier molecular flexibility index (Phi) is 5.18. The molecule has 0 radical (unpaired) electrons. The van der Waals surface area contributed by atoms with Gasteiger partial charge in [0.1, 0.15) is 5.75 Å². The number of phenolic OH excluding ortho intramolecular Hbond substituents is 1. The molecule has 0 fully saturated rings. The number of benzene rings is 2. The number of fused-ring (bicyclic) bond motifs is 1. The van der Waals surface area contributed by atoms with Crippen LogP contribution in [0.3, 0.4) is 0 Å². The molecule has 28 heavy (non-hydrogen) atoms. The topological polar surface area (TPSA) is 79.5 Å². The summed E-state index contributed by atoms with van der Waals surface area (Å²) in [6, 6.07) is 7.97. The second kappa shape index (κ2) is 7.42. The number of carboxylic acid groups (broad SMARTS) is 1. The van der Waals surface area contributed by atoms with Crippen molar-refractivity contribution in [1.29, 1.82) is 0 Å². The van der Waals surface area contributed by atoms with E-state index in [1.165, 1.54) is 16.7 Å². The van der Waals surface area contributed by atoms with Gasteiger partial charge in [-0.15, -0.1) is 0 Å². The Balaban J connectivity index is 2.49. The number of hydrogen-bond donors (Lipinski definition) is 2. The minimum absolute atomic E-state index is 0.0111. The van der Waals surface area contributed by atoms with E-state index in [9.17, 15) is 23.5 Å². The van der Waals surface area contributed by atoms with Crippen molar-refractivity contribution < 1.29 is 23.8 Å². The molecule has 0 bridgehead atoms. The number of aliphatic carboxylic acids is 1. The summed E-state index contributed by atoms with van der Waals surface area (Å²) in [5, 5.41) is 19.8. The summed E-state index contributed by atoms with van der Waals surface area (Å²) in [6.45, 7) is 3.54. The van der Waals surface area contributed by atoms with E-state index in [4.69, 9.17) is 5.11 Å². The van der Waals surface area contributed by atoms with Gasteiger partial charge in [-0.3, -0.25) is 9.59 Å². The Bertz CT molecular complexity index is 1140. The van der Waals surface area contributed by atoms with Crippen LogP contribution in [0.2, 0.25) is 0 Å². The largest absolute Gasteiger partial charge is 0.507 e. The fourth-order valence-corrected chi connectivity index (χ4v) is 3.48. The van der Waals surface area contributed by atoms with Crippen molar-refractivity contribution in [1.82, 2.24) is 4.57 Å². The van der Waals surface area contributed by atoms with Gasteiger partial charge in [-0.25, -0.2) is 8.78 Å². The maximum atomic E-state index is 13.9. The zero-order chi connectivity index (χ0) is 20.6. The molecule has 0 saturated heterocycles. The smallest absolute Gasteiger partial charge is 0.305 e. The van der Waals surface area contributed by atoms with Crippen LogP contribution >= 0.6 is 0 Å². The molecule has 1 heterocycles. The highest BCUT2D eigenvalue weighted by molar-refractivity contribution is 6.00. The van der Waals surface area contributed by atoms with Crippen LogP contribution in [0.25, 0.3) is 21.9 Å². The van der Waals surface area contributed by atoms with Gasteiger partial charge < -0.3 is 14.8 Å². The van der Waals surface area contributed by atoms with Crippen LogP contribution in [-0.4, -0.2) is 20.7 Å². The Morgan fingerprint density at radius 3 is 2.46 bits per heavy atom. The molecule has 1 aromatic heterocycles. The molecule has 0 aliphatic heterocycles. The van der Waals surface area contributed by atoms with Crippen molar-refractivity contribution >= 4 is 16.7 Å². The normalized spacial score (nSPS) is 11.3. The molecule has 2 N–H and O–H groups in total. The molecule has 0 amide bonds. The number of aromatic hydroxyl groups is 1. The van der Waals surface area contributed by atoms with Crippen LogP contribution in [0.5, 0.6) is 5.75 Å². The third kappa shape index (κ3) is 3.35. The first-order chi connectivity index (χ1) is 13.2. The Morgan fingerprint density at radius 2 is 1.86 bits per heavy atom. The van der Waals surface area contributed by atoms with Crippen molar-refractivity contribution in [3.05, 3.63) is 64.1 Å². The van der Waals surface area contributed by atoms with Crippen LogP contribution in [0.1, 0.15) is 31.9 Å². The van der Waals surface area contributed by atoms with Crippen molar-refractivity contribution in [3.8, 4) is 16.9 Å². The number of phenols is 1. The number of aromatic nitrogens is 1. The van der Waals surface area contributed by atoms with Crippen LogP contribution in [0.4, 0.5) is 8.78 Å². The standard InChI is InChI=1S/C21H19F2NO4/c1-11(2)20-18(12-6-7-14(22)15(23)10-12)13-4-3-5-16(25)19(13)21(28)24(20)9-8-17(26)27/h3-7,10-11,25H,8-9H2,1-2H3,(H,26,27). The first-order valence-corrected chi connectivity index (χ1v) is 8.78. The molecule has 0 atom stereocenters. The molecular weight excluding hydrogens is 368 g/mol. The summed E-state index contributed by atoms with van der Waals surface area (Å²) in [5.41, 5.74) is 0.770. The lowest BCUT2D eigenvalue weighted by Gasteiger charge is -2.22. The summed E-state index contributed by atoms with van der Waals surface area (Å²) in [7, 11) is 0. The zero-order valence-electron chi connectivity index (χ0n) is 15.4. The molecule has 3 aromatic rings. The average Bonchev–Trinajstić information content (AvgIpc) is 2.62. The van der Waals surface area contributed by atoms with E-state index in [-0.39, 0.29) is 30.0 Å². The molecule has 3 rings (SSSR count). The van der Waals surface area contributed by atoms with Crippen LogP contribution < -0.4 is 5.56 Å². The SMILES string of the molecule is CC(C)c1c(-c2ccc(F)c(F)c2)c2cccc(O)c2c(=O)n1CCC(=O)O. The van der Waals surface area contributed by atoms with E-state index in [0.29, 0.717) is 22.2 Å². The minimum Gasteiger partial charge on any atom is -0.507 e. The zero-order valence-corrected chi connectivity index (χ0v) is 15.4. The van der Waals surface area contributed by atoms with E-state index in [0.717, 1.165) is 12.1 Å². The van der Waals surface area contributed by atoms with E-state index in [2.05, 4.69) is 0 Å². The first kappa shape index (κ1) is 19.5. The van der Waals surface area contributed by atoms with Crippen LogP contribution in [0.15, 0.2) is 41.2 Å². The Morgan fingerprint density at radius 1 is 1.14 bits per heavy atom. The maximum absolute atomic E-state index is 13.9. The number of carbonyl (C=O) groups is 1. The Hall–Kier alpha value is -3.22. The van der Waals surface area contributed by atoms with Gasteiger partial charge in [0.25, 0.3) is 5.56 Å². The fourth-order valence-electron chi connectivity index (χ4n) is 3.48. The van der Waals surface area contributed by atoms with Gasteiger partial charge in [0, 0.05) is 23.2 Å². The summed E-state index contributed by atoms with van der Waals surface area (Å²) in [6.07, 6.45) is -0.296. The molecule has 0 unspecified atom stereocenters. The summed E-state index contributed by atoms with van der Waals surface area (Å²) < 4.78 is 28.7. The van der Waals surface area contributed by atoms with Crippen LogP contribution in [-0.2, 0) is 11.3 Å². The first-order valence-electron chi connectivity index (χ1n) is 8.78. The monoisotopic (exact) mass is 387 g/mol. The number of nitrogens with zero attached hydrogens (tertiary/aromatic N) is 1. The van der Waals surface area contributed by atoms with Crippen molar-refractivity contribution in [2.75, 3.05) is 0 Å². The van der Waals surface area contributed by atoms with E-state index in [1.807, 2.05) is 13.8 Å². The van der Waals surface area contributed by atoms with E-state index < -0.39 is 23.2 Å². The molecule has 0 saturated carbocycles. The summed E-state index contributed by atoms with van der Waals surface area (Å²) in [4.78, 5) is 24.1. The van der Waals surface area contributed by atoms with Gasteiger partial charge in [0.15, 0.2) is 11.6 Å². The van der Waals surface area contributed by atoms with Gasteiger partial charge in [-0.05, 0) is 29.7 Å². The highest BCUT2D eigenvalue weighted by atomic mass is 19.2. The third-order valence-electron chi connectivity index (χ3n) is 4.62. The predicted molar refractivity (Wildman–Crippen MR) is 102 cm³/mol. The number of pyridine rings is 1. The molecule has 7 heteroatoms. The van der Waals surface area contributed by atoms with Crippen LogP contribution in [0, 0.1) is 11.6 Å². The molecule has 0 aliphatic carbocycles. The second-order valence-corrected chi connectivity index (χ2v) is 6.84. The van der Waals surface area contributed by atoms with Gasteiger partial charge >= 0.3 is 5.97 Å². The summed E-state index contributed by atoms with van der Waals surface area (Å²) >= 11 is 0. The molecule has 5 nitrogen and oxygen atoms in total. The van der Waals surface area contributed by atoms with E-state index >= 15 is 0 Å². The van der Waals surface area contributed by atoms with Crippen molar-refractivity contribution in [3.63, 3.8) is 0 Å². The maximum Gasteiger partial charge on any atom is 0.305 e. The van der Waals surface area contributed by atoms with E-state index in [1.54, 1.807) is 12.1 Å². The molecule has 146 valence electrons. The van der Waals surface area contributed by atoms with Gasteiger partial charge in [0.2, 0.25) is 0 Å². The third-order valence-corrected chi connectivity index (χ3v) is 4.62. The number of rotatable bonds is 5.